The highest BCUT2D eigenvalue weighted by atomic mass is 16.6. The zero-order valence-corrected chi connectivity index (χ0v) is 16.0. The largest absolute Gasteiger partial charge is 0.658 e. The topological polar surface area (TPSA) is 76.7 Å². The fourth-order valence-corrected chi connectivity index (χ4v) is 2.25. The number of carbonyl (C=O) groups is 2. The first kappa shape index (κ1) is 20.4. The molecule has 0 atom stereocenters. The summed E-state index contributed by atoms with van der Waals surface area (Å²) in [5.41, 5.74) is 1.00. The molecule has 2 N–H and O–H groups in total. The quantitative estimate of drug-likeness (QED) is 0.704. The van der Waals surface area contributed by atoms with Crippen molar-refractivity contribution in [2.75, 3.05) is 0 Å². The average molecular weight is 367 g/mol. The van der Waals surface area contributed by atoms with Crippen molar-refractivity contribution in [3.05, 3.63) is 59.7 Å². The summed E-state index contributed by atoms with van der Waals surface area (Å²) in [6.07, 6.45) is 0. The molecule has 2 amide bonds. The standard InChI is InChI=1S/C20H24BN2O4/c1-13(2)22-19(24)15-7-5-9-17(11-15)26-21-27-18-10-6-8-16(12-18)20(25)23-14(3)4/h5-14H,1-4H3,(H,22,24)(H,23,25). The van der Waals surface area contributed by atoms with Crippen LogP contribution in [0.4, 0.5) is 0 Å². The van der Waals surface area contributed by atoms with Gasteiger partial charge in [0.1, 0.15) is 11.5 Å². The third kappa shape index (κ3) is 6.69. The summed E-state index contributed by atoms with van der Waals surface area (Å²) in [6, 6.07) is 13.7. The third-order valence-corrected chi connectivity index (χ3v) is 3.40. The molecule has 0 spiro atoms. The molecule has 141 valence electrons. The molecule has 2 aromatic rings. The molecule has 7 heteroatoms. The number of rotatable bonds is 8. The highest BCUT2D eigenvalue weighted by Crippen LogP contribution is 2.16. The van der Waals surface area contributed by atoms with Gasteiger partial charge in [-0.25, -0.2) is 0 Å². The van der Waals surface area contributed by atoms with E-state index in [1.54, 1.807) is 48.5 Å². The van der Waals surface area contributed by atoms with Gasteiger partial charge in [0.2, 0.25) is 0 Å². The van der Waals surface area contributed by atoms with E-state index < -0.39 is 0 Å². The van der Waals surface area contributed by atoms with Gasteiger partial charge in [0.25, 0.3) is 11.8 Å². The predicted molar refractivity (Wildman–Crippen MR) is 105 cm³/mol. The van der Waals surface area contributed by atoms with E-state index in [1.165, 1.54) is 7.69 Å². The van der Waals surface area contributed by atoms with E-state index in [2.05, 4.69) is 10.6 Å². The van der Waals surface area contributed by atoms with Gasteiger partial charge >= 0.3 is 7.69 Å². The lowest BCUT2D eigenvalue weighted by molar-refractivity contribution is 0.0934. The molecule has 0 saturated carbocycles. The maximum Gasteiger partial charge on any atom is 0.658 e. The van der Waals surface area contributed by atoms with Crippen molar-refractivity contribution >= 4 is 19.5 Å². The summed E-state index contributed by atoms with van der Waals surface area (Å²) < 4.78 is 10.9. The van der Waals surface area contributed by atoms with Gasteiger partial charge < -0.3 is 19.9 Å². The lowest BCUT2D eigenvalue weighted by atomic mass is 10.1. The van der Waals surface area contributed by atoms with Gasteiger partial charge in [-0.1, -0.05) is 12.1 Å². The van der Waals surface area contributed by atoms with E-state index in [9.17, 15) is 9.59 Å². The highest BCUT2D eigenvalue weighted by Gasteiger charge is 2.11. The number of hydrogen-bond donors (Lipinski definition) is 2. The molecule has 27 heavy (non-hydrogen) atoms. The van der Waals surface area contributed by atoms with Gasteiger partial charge in [-0.15, -0.1) is 0 Å². The number of hydrogen-bond acceptors (Lipinski definition) is 4. The van der Waals surface area contributed by atoms with Crippen LogP contribution in [0.15, 0.2) is 48.5 Å². The Bertz CT molecular complexity index is 728. The van der Waals surface area contributed by atoms with Crippen molar-refractivity contribution < 1.29 is 18.9 Å². The third-order valence-electron chi connectivity index (χ3n) is 3.40. The fraction of sp³-hybridized carbons (Fsp3) is 0.300. The van der Waals surface area contributed by atoms with Crippen LogP contribution in [-0.2, 0) is 0 Å². The summed E-state index contributed by atoms with van der Waals surface area (Å²) in [7, 11) is 1.17. The van der Waals surface area contributed by atoms with Crippen LogP contribution in [0.1, 0.15) is 48.4 Å². The molecule has 2 rings (SSSR count). The van der Waals surface area contributed by atoms with Gasteiger partial charge in [0, 0.05) is 23.2 Å². The van der Waals surface area contributed by atoms with Crippen LogP contribution < -0.4 is 19.9 Å². The lowest BCUT2D eigenvalue weighted by Crippen LogP contribution is -2.30. The van der Waals surface area contributed by atoms with E-state index >= 15 is 0 Å². The van der Waals surface area contributed by atoms with Crippen LogP contribution in [-0.4, -0.2) is 31.6 Å². The number of benzene rings is 2. The van der Waals surface area contributed by atoms with Crippen LogP contribution in [0.25, 0.3) is 0 Å². The van der Waals surface area contributed by atoms with Gasteiger partial charge in [-0.2, -0.15) is 0 Å². The molecule has 2 aromatic carbocycles. The molecule has 0 heterocycles. The molecule has 0 aromatic heterocycles. The monoisotopic (exact) mass is 367 g/mol. The van der Waals surface area contributed by atoms with Gasteiger partial charge in [-0.3, -0.25) is 9.59 Å². The van der Waals surface area contributed by atoms with Crippen LogP contribution in [0.5, 0.6) is 11.5 Å². The summed E-state index contributed by atoms with van der Waals surface area (Å²) in [5.74, 6) is 0.612. The van der Waals surface area contributed by atoms with E-state index in [0.717, 1.165) is 0 Å². The van der Waals surface area contributed by atoms with E-state index in [-0.39, 0.29) is 23.9 Å². The Hall–Kier alpha value is -2.96. The zero-order chi connectivity index (χ0) is 19.8. The molecule has 0 aliphatic carbocycles. The molecule has 0 aliphatic heterocycles. The highest BCUT2D eigenvalue weighted by molar-refractivity contribution is 6.20. The summed E-state index contributed by atoms with van der Waals surface area (Å²) >= 11 is 0. The maximum atomic E-state index is 12.0. The predicted octanol–water partition coefficient (Wildman–Crippen LogP) is 2.96. The molecular weight excluding hydrogens is 343 g/mol. The van der Waals surface area contributed by atoms with Crippen molar-refractivity contribution in [2.24, 2.45) is 0 Å². The minimum Gasteiger partial charge on any atom is -0.526 e. The van der Waals surface area contributed by atoms with Crippen LogP contribution >= 0.6 is 0 Å². The Balaban J connectivity index is 1.93. The Morgan fingerprint density at radius 2 is 1.19 bits per heavy atom. The second-order valence-electron chi connectivity index (χ2n) is 6.64. The van der Waals surface area contributed by atoms with Crippen LogP contribution in [0.3, 0.4) is 0 Å². The molecule has 0 unspecified atom stereocenters. The van der Waals surface area contributed by atoms with E-state index in [1.807, 2.05) is 27.7 Å². The summed E-state index contributed by atoms with van der Waals surface area (Å²) in [4.78, 5) is 24.1. The van der Waals surface area contributed by atoms with Crippen molar-refractivity contribution in [3.8, 4) is 11.5 Å². The molecule has 1 radical (unpaired) electrons. The number of nitrogens with one attached hydrogen (secondary N) is 2. The molecule has 0 bridgehead atoms. The van der Waals surface area contributed by atoms with Crippen LogP contribution in [0.2, 0.25) is 0 Å². The molecule has 0 saturated heterocycles. The first-order chi connectivity index (χ1) is 12.8. The van der Waals surface area contributed by atoms with Gasteiger partial charge in [-0.05, 0) is 64.1 Å². The fourth-order valence-electron chi connectivity index (χ4n) is 2.25. The van der Waals surface area contributed by atoms with E-state index in [4.69, 9.17) is 9.31 Å². The molecular formula is C20H24BN2O4. The normalized spacial score (nSPS) is 10.4. The Morgan fingerprint density at radius 1 is 0.778 bits per heavy atom. The maximum absolute atomic E-state index is 12.0. The van der Waals surface area contributed by atoms with E-state index in [0.29, 0.717) is 22.6 Å². The second-order valence-corrected chi connectivity index (χ2v) is 6.64. The smallest absolute Gasteiger partial charge is 0.526 e. The number of carbonyl (C=O) groups excluding carboxylic acids is 2. The van der Waals surface area contributed by atoms with Gasteiger partial charge in [0.05, 0.1) is 0 Å². The van der Waals surface area contributed by atoms with Crippen molar-refractivity contribution in [1.29, 1.82) is 0 Å². The SMILES string of the molecule is CC(C)NC(=O)c1cccc(O[B]Oc2cccc(C(=O)NC(C)C)c2)c1. The number of amides is 2. The van der Waals surface area contributed by atoms with Crippen molar-refractivity contribution in [3.63, 3.8) is 0 Å². The second kappa shape index (κ2) is 9.66. The molecule has 6 nitrogen and oxygen atoms in total. The Morgan fingerprint density at radius 3 is 1.56 bits per heavy atom. The summed E-state index contributed by atoms with van der Waals surface area (Å²) in [6.45, 7) is 7.59. The van der Waals surface area contributed by atoms with Gasteiger partial charge in [0.15, 0.2) is 0 Å². The Kier molecular flexibility index (Phi) is 7.29. The minimum absolute atomic E-state index is 0.0529. The first-order valence-electron chi connectivity index (χ1n) is 8.82. The van der Waals surface area contributed by atoms with Crippen molar-refractivity contribution in [1.82, 2.24) is 10.6 Å². The Labute approximate surface area is 160 Å². The van der Waals surface area contributed by atoms with Crippen LogP contribution in [0, 0.1) is 0 Å². The average Bonchev–Trinajstić information content (AvgIpc) is 2.61. The molecule has 0 fully saturated rings. The minimum atomic E-state index is -0.166. The first-order valence-corrected chi connectivity index (χ1v) is 8.82. The lowest BCUT2D eigenvalue weighted by Gasteiger charge is -2.11. The zero-order valence-electron chi connectivity index (χ0n) is 16.0. The van der Waals surface area contributed by atoms with Crippen molar-refractivity contribution in [2.45, 2.75) is 39.8 Å². The summed E-state index contributed by atoms with van der Waals surface area (Å²) in [5, 5.41) is 5.65. The molecule has 0 aliphatic rings.